The van der Waals surface area contributed by atoms with Crippen LogP contribution < -0.4 is 4.74 Å². The summed E-state index contributed by atoms with van der Waals surface area (Å²) in [5, 5.41) is 9.44. The Morgan fingerprint density at radius 1 is 0.621 bits per heavy atom. The summed E-state index contributed by atoms with van der Waals surface area (Å²) in [7, 11) is -1.64. The number of aromatic hydroxyl groups is 1. The summed E-state index contributed by atoms with van der Waals surface area (Å²) < 4.78 is 12.0. The predicted octanol–water partition coefficient (Wildman–Crippen LogP) is 7.21. The molecule has 0 saturated carbocycles. The van der Waals surface area contributed by atoms with Crippen LogP contribution in [0.25, 0.3) is 22.3 Å². The minimum Gasteiger partial charge on any atom is -0.545 e. The molecule has 0 spiro atoms. The zero-order chi connectivity index (χ0) is 21.0. The maximum Gasteiger partial charge on any atom is 0.241 e. The molecular formula is C25H28O3Si. The molecule has 0 bridgehead atoms. The highest BCUT2D eigenvalue weighted by Gasteiger charge is 2.17. The summed E-state index contributed by atoms with van der Waals surface area (Å²) in [4.78, 5) is 0. The molecule has 29 heavy (non-hydrogen) atoms. The fourth-order valence-corrected chi connectivity index (χ4v) is 4.07. The lowest BCUT2D eigenvalue weighted by molar-refractivity contribution is 0.347. The monoisotopic (exact) mass is 404 g/mol. The van der Waals surface area contributed by atoms with Crippen molar-refractivity contribution in [3.8, 4) is 33.8 Å². The summed E-state index contributed by atoms with van der Waals surface area (Å²) >= 11 is 0. The second kappa shape index (κ2) is 8.58. The van der Waals surface area contributed by atoms with Crippen LogP contribution in [0.3, 0.4) is 0 Å². The number of hydrogen-bond donors (Lipinski definition) is 1. The van der Waals surface area contributed by atoms with E-state index >= 15 is 0 Å². The summed E-state index contributed by atoms with van der Waals surface area (Å²) in [6.07, 6.45) is 0. The van der Waals surface area contributed by atoms with Crippen LogP contribution >= 0.6 is 0 Å². The van der Waals surface area contributed by atoms with E-state index in [1.807, 2.05) is 38.1 Å². The molecule has 0 unspecified atom stereocenters. The first-order valence-electron chi connectivity index (χ1n) is 9.75. The zero-order valence-electron chi connectivity index (χ0n) is 17.7. The van der Waals surface area contributed by atoms with Crippen LogP contribution in [0, 0.1) is 0 Å². The van der Waals surface area contributed by atoms with Crippen LogP contribution in [0.2, 0.25) is 19.6 Å². The Morgan fingerprint density at radius 2 is 1.00 bits per heavy atom. The molecule has 0 fully saturated rings. The van der Waals surface area contributed by atoms with Crippen molar-refractivity contribution in [3.05, 3.63) is 84.3 Å². The van der Waals surface area contributed by atoms with Gasteiger partial charge < -0.3 is 14.3 Å². The lowest BCUT2D eigenvalue weighted by Gasteiger charge is -2.21. The highest BCUT2D eigenvalue weighted by atomic mass is 28.4. The highest BCUT2D eigenvalue weighted by Crippen LogP contribution is 2.28. The standard InChI is InChI=1S/C25H28O3Si/c1-18(19(2)28-29(3,4)5)27-25-16-12-23(13-17-25)21-8-6-20(7-9-21)22-10-14-24(26)15-11-22/h6-17,26H,1-5H3. The van der Waals surface area contributed by atoms with E-state index < -0.39 is 8.32 Å². The molecule has 0 radical (unpaired) electrons. The van der Waals surface area contributed by atoms with Crippen molar-refractivity contribution in [2.45, 2.75) is 33.5 Å². The SMILES string of the molecule is CC(Oc1ccc(-c2ccc(-c3ccc(O)cc3)cc2)cc1)=C(C)O[Si](C)(C)C. The number of ether oxygens (including phenoxy) is 1. The molecule has 0 heterocycles. The Hall–Kier alpha value is -2.98. The van der Waals surface area contributed by atoms with Crippen LogP contribution in [0.4, 0.5) is 0 Å². The molecule has 3 nitrogen and oxygen atoms in total. The third-order valence-corrected chi connectivity index (χ3v) is 5.42. The second-order valence-electron chi connectivity index (χ2n) is 8.08. The van der Waals surface area contributed by atoms with Gasteiger partial charge in [0.25, 0.3) is 0 Å². The molecule has 0 saturated heterocycles. The van der Waals surface area contributed by atoms with Crippen LogP contribution in [-0.2, 0) is 4.43 Å². The van der Waals surface area contributed by atoms with Crippen molar-refractivity contribution in [3.63, 3.8) is 0 Å². The quantitative estimate of drug-likeness (QED) is 0.348. The fourth-order valence-electron chi connectivity index (χ4n) is 3.00. The molecule has 0 aromatic heterocycles. The van der Waals surface area contributed by atoms with Gasteiger partial charge in [0.1, 0.15) is 23.0 Å². The average molecular weight is 405 g/mol. The molecule has 3 aromatic rings. The van der Waals surface area contributed by atoms with Crippen LogP contribution in [0.1, 0.15) is 13.8 Å². The first-order chi connectivity index (χ1) is 13.7. The maximum absolute atomic E-state index is 9.44. The fraction of sp³-hybridized carbons (Fsp3) is 0.200. The molecule has 4 heteroatoms. The van der Waals surface area contributed by atoms with E-state index in [1.165, 1.54) is 0 Å². The van der Waals surface area contributed by atoms with Crippen LogP contribution in [-0.4, -0.2) is 13.4 Å². The third kappa shape index (κ3) is 5.75. The maximum atomic E-state index is 9.44. The molecule has 3 aromatic carbocycles. The van der Waals surface area contributed by atoms with Crippen molar-refractivity contribution >= 4 is 8.32 Å². The van der Waals surface area contributed by atoms with Crippen molar-refractivity contribution in [1.82, 2.24) is 0 Å². The molecule has 1 N–H and O–H groups in total. The Labute approximate surface area is 174 Å². The van der Waals surface area contributed by atoms with Gasteiger partial charge in [0.15, 0.2) is 0 Å². The Bertz CT molecular complexity index is 980. The van der Waals surface area contributed by atoms with Gasteiger partial charge in [0.2, 0.25) is 8.32 Å². The number of rotatable bonds is 6. The lowest BCUT2D eigenvalue weighted by atomic mass is 10.0. The summed E-state index contributed by atoms with van der Waals surface area (Å²) in [5.41, 5.74) is 4.47. The first kappa shape index (κ1) is 20.7. The predicted molar refractivity (Wildman–Crippen MR) is 122 cm³/mol. The van der Waals surface area contributed by atoms with E-state index in [9.17, 15) is 5.11 Å². The van der Waals surface area contributed by atoms with Crippen molar-refractivity contribution < 1.29 is 14.3 Å². The highest BCUT2D eigenvalue weighted by molar-refractivity contribution is 6.70. The summed E-state index contributed by atoms with van der Waals surface area (Å²) in [6, 6.07) is 23.7. The Balaban J connectivity index is 1.71. The normalized spacial score (nSPS) is 12.3. The van der Waals surface area contributed by atoms with Crippen molar-refractivity contribution in [1.29, 1.82) is 0 Å². The van der Waals surface area contributed by atoms with Gasteiger partial charge in [-0.05, 0) is 80.0 Å². The van der Waals surface area contributed by atoms with Gasteiger partial charge in [0, 0.05) is 0 Å². The van der Waals surface area contributed by atoms with E-state index in [4.69, 9.17) is 9.16 Å². The van der Waals surface area contributed by atoms with Gasteiger partial charge in [0.05, 0.1) is 0 Å². The third-order valence-electron chi connectivity index (χ3n) is 4.50. The molecular weight excluding hydrogens is 376 g/mol. The van der Waals surface area contributed by atoms with Gasteiger partial charge in [-0.25, -0.2) is 0 Å². The minimum absolute atomic E-state index is 0.278. The van der Waals surface area contributed by atoms with Crippen molar-refractivity contribution in [2.24, 2.45) is 0 Å². The van der Waals surface area contributed by atoms with E-state index in [-0.39, 0.29) is 5.75 Å². The average Bonchev–Trinajstić information content (AvgIpc) is 2.68. The number of phenolic OH excluding ortho intramolecular Hbond substituents is 1. The Kier molecular flexibility index (Phi) is 6.14. The van der Waals surface area contributed by atoms with Crippen LogP contribution in [0.15, 0.2) is 84.3 Å². The number of benzene rings is 3. The smallest absolute Gasteiger partial charge is 0.241 e. The van der Waals surface area contributed by atoms with Gasteiger partial charge in [-0.1, -0.05) is 48.5 Å². The topological polar surface area (TPSA) is 38.7 Å². The summed E-state index contributed by atoms with van der Waals surface area (Å²) in [5.74, 6) is 2.71. The number of phenols is 1. The van der Waals surface area contributed by atoms with E-state index in [0.29, 0.717) is 0 Å². The van der Waals surface area contributed by atoms with Gasteiger partial charge in [-0.15, -0.1) is 0 Å². The van der Waals surface area contributed by atoms with Crippen molar-refractivity contribution in [2.75, 3.05) is 0 Å². The largest absolute Gasteiger partial charge is 0.545 e. The second-order valence-corrected chi connectivity index (χ2v) is 12.5. The van der Waals surface area contributed by atoms with Gasteiger partial charge in [-0.2, -0.15) is 0 Å². The minimum atomic E-state index is -1.64. The lowest BCUT2D eigenvalue weighted by Crippen LogP contribution is -2.25. The van der Waals surface area contributed by atoms with E-state index in [2.05, 4.69) is 56.0 Å². The molecule has 0 atom stereocenters. The number of hydrogen-bond acceptors (Lipinski definition) is 3. The molecule has 150 valence electrons. The molecule has 0 aliphatic heterocycles. The molecule has 0 amide bonds. The first-order valence-corrected chi connectivity index (χ1v) is 13.2. The summed E-state index contributed by atoms with van der Waals surface area (Å²) in [6.45, 7) is 10.4. The molecule has 0 aliphatic rings. The van der Waals surface area contributed by atoms with Crippen LogP contribution in [0.5, 0.6) is 11.5 Å². The van der Waals surface area contributed by atoms with Gasteiger partial charge >= 0.3 is 0 Å². The van der Waals surface area contributed by atoms with E-state index in [0.717, 1.165) is 39.5 Å². The van der Waals surface area contributed by atoms with E-state index in [1.54, 1.807) is 12.1 Å². The molecule has 3 rings (SSSR count). The zero-order valence-corrected chi connectivity index (χ0v) is 18.7. The Morgan fingerprint density at radius 3 is 1.41 bits per heavy atom. The van der Waals surface area contributed by atoms with Gasteiger partial charge in [-0.3, -0.25) is 0 Å². The molecule has 0 aliphatic carbocycles. The number of allylic oxidation sites excluding steroid dienone is 2.